The zero-order valence-corrected chi connectivity index (χ0v) is 11.7. The van der Waals surface area contributed by atoms with Crippen LogP contribution in [-0.2, 0) is 0 Å². The number of nitrogens with zero attached hydrogens (tertiary/aromatic N) is 2. The van der Waals surface area contributed by atoms with Gasteiger partial charge in [0.25, 0.3) is 5.91 Å². The van der Waals surface area contributed by atoms with Crippen molar-refractivity contribution < 1.29 is 4.79 Å². The van der Waals surface area contributed by atoms with Gasteiger partial charge in [-0.25, -0.2) is 0 Å². The third-order valence-electron chi connectivity index (χ3n) is 3.38. The number of benzene rings is 1. The van der Waals surface area contributed by atoms with E-state index in [1.807, 2.05) is 4.90 Å². The standard InChI is InChI=1S/C14H15BrN2O/c15-9-11-5-7-17(8-6-11)14(18)13-3-1-12(10-16)2-4-13/h1-4,11H,5-9H2. The minimum Gasteiger partial charge on any atom is -0.339 e. The molecule has 1 aliphatic rings. The fourth-order valence-electron chi connectivity index (χ4n) is 2.16. The van der Waals surface area contributed by atoms with Gasteiger partial charge >= 0.3 is 0 Å². The molecule has 1 aliphatic heterocycles. The fraction of sp³-hybridized carbons (Fsp3) is 0.429. The molecule has 1 heterocycles. The maximum Gasteiger partial charge on any atom is 0.253 e. The van der Waals surface area contributed by atoms with E-state index < -0.39 is 0 Å². The Morgan fingerprint density at radius 3 is 2.44 bits per heavy atom. The topological polar surface area (TPSA) is 44.1 Å². The Bertz CT molecular complexity index is 456. The van der Waals surface area contributed by atoms with Crippen molar-refractivity contribution >= 4 is 21.8 Å². The molecule has 1 aromatic rings. The van der Waals surface area contributed by atoms with E-state index in [1.54, 1.807) is 24.3 Å². The Balaban J connectivity index is 2.01. The predicted octanol–water partition coefficient (Wildman–Crippen LogP) is 2.81. The van der Waals surface area contributed by atoms with Crippen molar-refractivity contribution in [3.05, 3.63) is 35.4 Å². The van der Waals surface area contributed by atoms with Gasteiger partial charge in [0, 0.05) is 24.0 Å². The van der Waals surface area contributed by atoms with E-state index >= 15 is 0 Å². The number of halogens is 1. The summed E-state index contributed by atoms with van der Waals surface area (Å²) in [5, 5.41) is 9.74. The van der Waals surface area contributed by atoms with Gasteiger partial charge in [-0.05, 0) is 43.0 Å². The molecule has 18 heavy (non-hydrogen) atoms. The fourth-order valence-corrected chi connectivity index (χ4v) is 2.81. The van der Waals surface area contributed by atoms with Gasteiger partial charge in [-0.15, -0.1) is 0 Å². The van der Waals surface area contributed by atoms with E-state index in [4.69, 9.17) is 5.26 Å². The zero-order valence-electron chi connectivity index (χ0n) is 10.1. The Kier molecular flexibility index (Phi) is 4.38. The average molecular weight is 307 g/mol. The lowest BCUT2D eigenvalue weighted by molar-refractivity contribution is 0.0699. The van der Waals surface area contributed by atoms with Gasteiger partial charge in [0.15, 0.2) is 0 Å². The van der Waals surface area contributed by atoms with Crippen molar-refractivity contribution in [1.29, 1.82) is 5.26 Å². The molecular formula is C14H15BrN2O. The monoisotopic (exact) mass is 306 g/mol. The lowest BCUT2D eigenvalue weighted by atomic mass is 9.98. The Morgan fingerprint density at radius 2 is 1.94 bits per heavy atom. The van der Waals surface area contributed by atoms with Crippen molar-refractivity contribution in [2.24, 2.45) is 5.92 Å². The van der Waals surface area contributed by atoms with Crippen LogP contribution in [0.2, 0.25) is 0 Å². The highest BCUT2D eigenvalue weighted by Gasteiger charge is 2.22. The summed E-state index contributed by atoms with van der Waals surface area (Å²) in [7, 11) is 0. The first-order valence-electron chi connectivity index (χ1n) is 6.10. The summed E-state index contributed by atoms with van der Waals surface area (Å²) in [4.78, 5) is 14.1. The first-order chi connectivity index (χ1) is 8.74. The molecule has 4 heteroatoms. The van der Waals surface area contributed by atoms with Crippen molar-refractivity contribution in [2.75, 3.05) is 18.4 Å². The number of likely N-dealkylation sites (tertiary alicyclic amines) is 1. The van der Waals surface area contributed by atoms with Crippen LogP contribution in [0.5, 0.6) is 0 Å². The number of hydrogen-bond acceptors (Lipinski definition) is 2. The second-order valence-electron chi connectivity index (χ2n) is 4.58. The van der Waals surface area contributed by atoms with Crippen LogP contribution in [0.25, 0.3) is 0 Å². The van der Waals surface area contributed by atoms with E-state index in [9.17, 15) is 4.79 Å². The van der Waals surface area contributed by atoms with Crippen LogP contribution >= 0.6 is 15.9 Å². The minimum absolute atomic E-state index is 0.0764. The van der Waals surface area contributed by atoms with Gasteiger partial charge < -0.3 is 4.90 Å². The maximum absolute atomic E-state index is 12.2. The number of carbonyl (C=O) groups is 1. The predicted molar refractivity (Wildman–Crippen MR) is 73.6 cm³/mol. The Morgan fingerprint density at radius 1 is 1.33 bits per heavy atom. The van der Waals surface area contributed by atoms with Crippen molar-refractivity contribution in [1.82, 2.24) is 4.90 Å². The molecule has 1 fully saturated rings. The third kappa shape index (κ3) is 2.91. The summed E-state index contributed by atoms with van der Waals surface area (Å²) in [6.07, 6.45) is 2.13. The molecule has 3 nitrogen and oxygen atoms in total. The maximum atomic E-state index is 12.2. The van der Waals surface area contributed by atoms with Crippen LogP contribution in [0, 0.1) is 17.2 Å². The largest absolute Gasteiger partial charge is 0.339 e. The van der Waals surface area contributed by atoms with Crippen molar-refractivity contribution in [2.45, 2.75) is 12.8 Å². The number of amides is 1. The highest BCUT2D eigenvalue weighted by atomic mass is 79.9. The zero-order chi connectivity index (χ0) is 13.0. The Hall–Kier alpha value is -1.34. The minimum atomic E-state index is 0.0764. The molecule has 1 amide bonds. The van der Waals surface area contributed by atoms with Gasteiger partial charge in [0.2, 0.25) is 0 Å². The number of rotatable bonds is 2. The van der Waals surface area contributed by atoms with E-state index in [0.29, 0.717) is 17.0 Å². The van der Waals surface area contributed by atoms with Crippen LogP contribution < -0.4 is 0 Å². The van der Waals surface area contributed by atoms with Crippen LogP contribution in [0.3, 0.4) is 0 Å². The average Bonchev–Trinajstić information content (AvgIpc) is 2.47. The normalized spacial score (nSPS) is 16.3. The second-order valence-corrected chi connectivity index (χ2v) is 5.23. The molecule has 0 aliphatic carbocycles. The molecule has 0 spiro atoms. The van der Waals surface area contributed by atoms with Gasteiger partial charge in [-0.3, -0.25) is 4.79 Å². The van der Waals surface area contributed by atoms with Crippen LogP contribution in [0.15, 0.2) is 24.3 Å². The molecule has 0 unspecified atom stereocenters. The highest BCUT2D eigenvalue weighted by molar-refractivity contribution is 9.09. The summed E-state index contributed by atoms with van der Waals surface area (Å²) >= 11 is 3.49. The summed E-state index contributed by atoms with van der Waals surface area (Å²) in [6, 6.07) is 8.91. The number of alkyl halides is 1. The summed E-state index contributed by atoms with van der Waals surface area (Å²) < 4.78 is 0. The molecule has 0 bridgehead atoms. The lowest BCUT2D eigenvalue weighted by Gasteiger charge is -2.31. The molecule has 1 saturated heterocycles. The van der Waals surface area contributed by atoms with E-state index in [2.05, 4.69) is 22.0 Å². The summed E-state index contributed by atoms with van der Waals surface area (Å²) in [5.74, 6) is 0.766. The highest BCUT2D eigenvalue weighted by Crippen LogP contribution is 2.20. The molecule has 0 radical (unpaired) electrons. The SMILES string of the molecule is N#Cc1ccc(C(=O)N2CCC(CBr)CC2)cc1. The Labute approximate surface area is 116 Å². The number of piperidine rings is 1. The summed E-state index contributed by atoms with van der Waals surface area (Å²) in [5.41, 5.74) is 1.26. The van der Waals surface area contributed by atoms with Crippen LogP contribution in [0.4, 0.5) is 0 Å². The molecule has 0 aromatic heterocycles. The molecule has 0 atom stereocenters. The van der Waals surface area contributed by atoms with Gasteiger partial charge in [0.05, 0.1) is 11.6 Å². The lowest BCUT2D eigenvalue weighted by Crippen LogP contribution is -2.38. The molecule has 2 rings (SSSR count). The first kappa shape index (κ1) is 13.1. The second kappa shape index (κ2) is 6.01. The van der Waals surface area contributed by atoms with Crippen LogP contribution in [-0.4, -0.2) is 29.2 Å². The molecular weight excluding hydrogens is 292 g/mol. The quantitative estimate of drug-likeness (QED) is 0.789. The van der Waals surface area contributed by atoms with Crippen LogP contribution in [0.1, 0.15) is 28.8 Å². The van der Waals surface area contributed by atoms with Gasteiger partial charge in [-0.2, -0.15) is 5.26 Å². The van der Waals surface area contributed by atoms with E-state index in [1.165, 1.54) is 0 Å². The first-order valence-corrected chi connectivity index (χ1v) is 7.22. The summed E-state index contributed by atoms with van der Waals surface area (Å²) in [6.45, 7) is 1.66. The van der Waals surface area contributed by atoms with Gasteiger partial charge in [0.1, 0.15) is 0 Å². The van der Waals surface area contributed by atoms with Gasteiger partial charge in [-0.1, -0.05) is 15.9 Å². The molecule has 94 valence electrons. The number of nitriles is 1. The van der Waals surface area contributed by atoms with Crippen molar-refractivity contribution in [3.8, 4) is 6.07 Å². The molecule has 0 saturated carbocycles. The van der Waals surface area contributed by atoms with Crippen molar-refractivity contribution in [3.63, 3.8) is 0 Å². The third-order valence-corrected chi connectivity index (χ3v) is 4.30. The van der Waals surface area contributed by atoms with E-state index in [0.717, 1.165) is 31.3 Å². The molecule has 1 aromatic carbocycles. The number of carbonyl (C=O) groups excluding carboxylic acids is 1. The smallest absolute Gasteiger partial charge is 0.253 e. The van der Waals surface area contributed by atoms with E-state index in [-0.39, 0.29) is 5.91 Å². The molecule has 0 N–H and O–H groups in total. The number of hydrogen-bond donors (Lipinski definition) is 0.